The van der Waals surface area contributed by atoms with Crippen LogP contribution in [0.15, 0.2) is 74.5 Å². The average Bonchev–Trinajstić information content (AvgIpc) is 3.15. The van der Waals surface area contributed by atoms with Crippen molar-refractivity contribution in [1.29, 1.82) is 0 Å². The third-order valence-electron chi connectivity index (χ3n) is 5.33. The fourth-order valence-corrected chi connectivity index (χ4v) is 5.30. The average molecular weight is 648 g/mol. The topological polar surface area (TPSA) is 99.0 Å². The number of hydrogen-bond donors (Lipinski definition) is 0. The molecule has 0 bridgehead atoms. The number of amides is 2. The summed E-state index contributed by atoms with van der Waals surface area (Å²) >= 11 is 7.98. The number of carbonyl (C=O) groups excluding carboxylic acids is 2. The van der Waals surface area contributed by atoms with Crippen LogP contribution in [0.25, 0.3) is 6.08 Å². The molecule has 37 heavy (non-hydrogen) atoms. The minimum Gasteiger partial charge on any atom is -0.490 e. The Labute approximate surface area is 234 Å². The first-order valence-corrected chi connectivity index (χ1v) is 13.5. The van der Waals surface area contributed by atoms with Gasteiger partial charge in [-0.05, 0) is 79.4 Å². The number of nitro groups is 1. The molecule has 0 atom stereocenters. The Kier molecular flexibility index (Phi) is 8.67. The molecule has 1 heterocycles. The van der Waals surface area contributed by atoms with Gasteiger partial charge in [-0.1, -0.05) is 42.5 Å². The van der Waals surface area contributed by atoms with Crippen molar-refractivity contribution in [3.05, 3.63) is 101 Å². The number of hydrogen-bond acceptors (Lipinski definition) is 7. The Hall–Kier alpha value is -3.15. The zero-order chi connectivity index (χ0) is 26.5. The van der Waals surface area contributed by atoms with E-state index < -0.39 is 16.1 Å². The second-order valence-corrected chi connectivity index (χ2v) is 10.4. The normalized spacial score (nSPS) is 14.4. The van der Waals surface area contributed by atoms with Crippen LogP contribution < -0.4 is 9.47 Å². The SMILES string of the molecule is CCOc1cc(/C=C2\SC(=O)N(Cc3ccc([N+](=O)[O-])cc3)C2=O)c(Br)c(Br)c1OCc1ccccc1. The van der Waals surface area contributed by atoms with Crippen LogP contribution in [0.3, 0.4) is 0 Å². The largest absolute Gasteiger partial charge is 0.490 e. The third-order valence-corrected chi connectivity index (χ3v) is 8.38. The third kappa shape index (κ3) is 6.23. The molecule has 1 aliphatic rings. The molecule has 1 fully saturated rings. The van der Waals surface area contributed by atoms with E-state index in [1.807, 2.05) is 37.3 Å². The number of carbonyl (C=O) groups is 2. The van der Waals surface area contributed by atoms with Gasteiger partial charge in [0, 0.05) is 16.6 Å². The first kappa shape index (κ1) is 26.9. The van der Waals surface area contributed by atoms with Crippen molar-refractivity contribution < 1.29 is 24.0 Å². The molecule has 0 unspecified atom stereocenters. The highest BCUT2D eigenvalue weighted by Gasteiger charge is 2.35. The number of thioether (sulfide) groups is 1. The number of halogens is 2. The molecular formula is C26H20Br2N2O6S. The molecule has 11 heteroatoms. The predicted octanol–water partition coefficient (Wildman–Crippen LogP) is 7.33. The zero-order valence-corrected chi connectivity index (χ0v) is 23.5. The quantitative estimate of drug-likeness (QED) is 0.136. The van der Waals surface area contributed by atoms with Crippen molar-refractivity contribution in [2.45, 2.75) is 20.1 Å². The van der Waals surface area contributed by atoms with E-state index in [-0.39, 0.29) is 17.1 Å². The number of nitrogens with zero attached hydrogens (tertiary/aromatic N) is 2. The van der Waals surface area contributed by atoms with E-state index in [2.05, 4.69) is 31.9 Å². The lowest BCUT2D eigenvalue weighted by atomic mass is 10.1. The highest BCUT2D eigenvalue weighted by atomic mass is 79.9. The number of nitro benzene ring substituents is 1. The summed E-state index contributed by atoms with van der Waals surface area (Å²) in [5.41, 5.74) is 2.17. The Morgan fingerprint density at radius 2 is 1.70 bits per heavy atom. The molecule has 190 valence electrons. The zero-order valence-electron chi connectivity index (χ0n) is 19.5. The molecule has 4 rings (SSSR count). The van der Waals surface area contributed by atoms with Gasteiger partial charge in [0.25, 0.3) is 16.8 Å². The maximum atomic E-state index is 13.1. The first-order chi connectivity index (χ1) is 17.8. The van der Waals surface area contributed by atoms with Gasteiger partial charge in [-0.2, -0.15) is 0 Å². The minimum atomic E-state index is -0.503. The highest BCUT2D eigenvalue weighted by molar-refractivity contribution is 9.13. The fraction of sp³-hybridized carbons (Fsp3) is 0.154. The Morgan fingerprint density at radius 1 is 1.00 bits per heavy atom. The van der Waals surface area contributed by atoms with Gasteiger partial charge in [-0.3, -0.25) is 24.6 Å². The maximum Gasteiger partial charge on any atom is 0.293 e. The molecule has 0 aliphatic carbocycles. The summed E-state index contributed by atoms with van der Waals surface area (Å²) in [6.45, 7) is 2.62. The number of imide groups is 1. The van der Waals surface area contributed by atoms with Gasteiger partial charge < -0.3 is 9.47 Å². The summed E-state index contributed by atoms with van der Waals surface area (Å²) in [5.74, 6) is 0.560. The Bertz CT molecular complexity index is 1380. The van der Waals surface area contributed by atoms with Crippen LogP contribution in [0.5, 0.6) is 11.5 Å². The molecule has 0 radical (unpaired) electrons. The fourth-order valence-electron chi connectivity index (χ4n) is 3.52. The van der Waals surface area contributed by atoms with E-state index in [0.29, 0.717) is 44.8 Å². The summed E-state index contributed by atoms with van der Waals surface area (Å²) in [6, 6.07) is 17.2. The molecule has 8 nitrogen and oxygen atoms in total. The van der Waals surface area contributed by atoms with Gasteiger partial charge in [-0.25, -0.2) is 0 Å². The van der Waals surface area contributed by atoms with Crippen molar-refractivity contribution in [2.75, 3.05) is 6.61 Å². The van der Waals surface area contributed by atoms with E-state index in [1.54, 1.807) is 12.1 Å². The smallest absolute Gasteiger partial charge is 0.293 e. The van der Waals surface area contributed by atoms with E-state index >= 15 is 0 Å². The van der Waals surface area contributed by atoms with E-state index in [0.717, 1.165) is 22.2 Å². The molecular weight excluding hydrogens is 628 g/mol. The van der Waals surface area contributed by atoms with Gasteiger partial charge in [0.2, 0.25) is 0 Å². The first-order valence-electron chi connectivity index (χ1n) is 11.1. The van der Waals surface area contributed by atoms with E-state index in [9.17, 15) is 19.7 Å². The lowest BCUT2D eigenvalue weighted by Gasteiger charge is -2.17. The standard InChI is InChI=1S/C26H20Br2N2O6S/c1-2-35-20-12-18(22(27)23(28)24(20)36-15-17-6-4-3-5-7-17)13-21-25(31)29(26(32)37-21)14-16-8-10-19(11-9-16)30(33)34/h3-13H,2,14-15H2,1H3/b21-13-. The number of rotatable bonds is 9. The molecule has 0 N–H and O–H groups in total. The summed E-state index contributed by atoms with van der Waals surface area (Å²) in [6.07, 6.45) is 1.62. The summed E-state index contributed by atoms with van der Waals surface area (Å²) in [7, 11) is 0. The van der Waals surface area contributed by atoms with Crippen LogP contribution in [-0.4, -0.2) is 27.6 Å². The van der Waals surface area contributed by atoms with Crippen molar-refractivity contribution in [3.63, 3.8) is 0 Å². The molecule has 3 aromatic carbocycles. The summed E-state index contributed by atoms with van der Waals surface area (Å²) < 4.78 is 13.1. The number of non-ortho nitro benzene ring substituents is 1. The molecule has 0 aromatic heterocycles. The molecule has 1 aliphatic heterocycles. The van der Waals surface area contributed by atoms with Crippen LogP contribution in [0.2, 0.25) is 0 Å². The van der Waals surface area contributed by atoms with E-state index in [4.69, 9.17) is 9.47 Å². The van der Waals surface area contributed by atoms with Crippen LogP contribution in [-0.2, 0) is 17.9 Å². The Morgan fingerprint density at radius 3 is 2.35 bits per heavy atom. The maximum absolute atomic E-state index is 13.1. The highest BCUT2D eigenvalue weighted by Crippen LogP contribution is 2.45. The lowest BCUT2D eigenvalue weighted by molar-refractivity contribution is -0.384. The molecule has 3 aromatic rings. The van der Waals surface area contributed by atoms with Gasteiger partial charge in [0.1, 0.15) is 6.61 Å². The Balaban J connectivity index is 1.58. The molecule has 0 saturated carbocycles. The summed E-state index contributed by atoms with van der Waals surface area (Å²) in [4.78, 5) is 37.4. The van der Waals surface area contributed by atoms with Crippen molar-refractivity contribution >= 4 is 66.5 Å². The predicted molar refractivity (Wildman–Crippen MR) is 148 cm³/mol. The summed E-state index contributed by atoms with van der Waals surface area (Å²) in [5, 5.41) is 10.4. The van der Waals surface area contributed by atoms with Crippen LogP contribution >= 0.6 is 43.6 Å². The van der Waals surface area contributed by atoms with Crippen LogP contribution in [0, 0.1) is 10.1 Å². The molecule has 0 spiro atoms. The second-order valence-electron chi connectivity index (χ2n) is 7.82. The van der Waals surface area contributed by atoms with Gasteiger partial charge in [-0.15, -0.1) is 0 Å². The van der Waals surface area contributed by atoms with Crippen LogP contribution in [0.4, 0.5) is 10.5 Å². The lowest BCUT2D eigenvalue weighted by Crippen LogP contribution is -2.27. The van der Waals surface area contributed by atoms with Gasteiger partial charge in [0.15, 0.2) is 11.5 Å². The van der Waals surface area contributed by atoms with Gasteiger partial charge in [0.05, 0.1) is 27.5 Å². The molecule has 1 saturated heterocycles. The number of benzene rings is 3. The van der Waals surface area contributed by atoms with Crippen molar-refractivity contribution in [2.24, 2.45) is 0 Å². The van der Waals surface area contributed by atoms with E-state index in [1.165, 1.54) is 24.3 Å². The minimum absolute atomic E-state index is 0.0152. The van der Waals surface area contributed by atoms with Gasteiger partial charge >= 0.3 is 0 Å². The number of ether oxygens (including phenoxy) is 2. The van der Waals surface area contributed by atoms with Crippen LogP contribution in [0.1, 0.15) is 23.6 Å². The van der Waals surface area contributed by atoms with Crippen molar-refractivity contribution in [3.8, 4) is 11.5 Å². The second kappa shape index (κ2) is 11.9. The van der Waals surface area contributed by atoms with Crippen molar-refractivity contribution in [1.82, 2.24) is 4.90 Å². The molecule has 2 amide bonds. The monoisotopic (exact) mass is 646 g/mol.